The van der Waals surface area contributed by atoms with Gasteiger partial charge in [-0.25, -0.2) is 0 Å². The maximum atomic E-state index is 12.0. The summed E-state index contributed by atoms with van der Waals surface area (Å²) in [7, 11) is 0. The topological polar surface area (TPSA) is 20.3 Å². The summed E-state index contributed by atoms with van der Waals surface area (Å²) >= 11 is 0. The lowest BCUT2D eigenvalue weighted by Crippen LogP contribution is -2.31. The number of carbonyl (C=O) groups is 1. The molecule has 2 heteroatoms. The van der Waals surface area contributed by atoms with Crippen LogP contribution in [0, 0.1) is 5.92 Å². The molecule has 0 aliphatic carbocycles. The van der Waals surface area contributed by atoms with Crippen molar-refractivity contribution < 1.29 is 4.79 Å². The van der Waals surface area contributed by atoms with Crippen molar-refractivity contribution in [2.24, 2.45) is 5.92 Å². The number of fused-ring (bicyclic) bond motifs is 1. The van der Waals surface area contributed by atoms with Crippen molar-refractivity contribution >= 4 is 11.6 Å². The molecule has 2 rings (SSSR count). The number of anilines is 1. The van der Waals surface area contributed by atoms with Crippen molar-refractivity contribution in [3.63, 3.8) is 0 Å². The zero-order valence-electron chi connectivity index (χ0n) is 9.53. The number of hydrogen-bond acceptors (Lipinski definition) is 1. The maximum Gasteiger partial charge on any atom is 0.234 e. The highest BCUT2D eigenvalue weighted by molar-refractivity contribution is 6.04. The Morgan fingerprint density at radius 2 is 2.00 bits per heavy atom. The Labute approximate surface area is 90.9 Å². The minimum absolute atomic E-state index is 0.0277. The van der Waals surface area contributed by atoms with Crippen molar-refractivity contribution in [3.8, 4) is 0 Å². The quantitative estimate of drug-likeness (QED) is 0.723. The van der Waals surface area contributed by atoms with E-state index in [0.717, 1.165) is 12.2 Å². The van der Waals surface area contributed by atoms with Crippen LogP contribution in [-0.2, 0) is 4.79 Å². The molecule has 1 unspecified atom stereocenters. The van der Waals surface area contributed by atoms with Gasteiger partial charge in [0.15, 0.2) is 0 Å². The Kier molecular flexibility index (Phi) is 2.51. The number of rotatable bonds is 2. The first-order chi connectivity index (χ1) is 7.11. The second-order valence-corrected chi connectivity index (χ2v) is 4.62. The van der Waals surface area contributed by atoms with Gasteiger partial charge in [-0.1, -0.05) is 32.0 Å². The molecule has 0 radical (unpaired) electrons. The van der Waals surface area contributed by atoms with Gasteiger partial charge in [0.25, 0.3) is 0 Å². The molecular formula is C13H17NO. The Morgan fingerprint density at radius 3 is 2.67 bits per heavy atom. The number of para-hydroxylation sites is 1. The summed E-state index contributed by atoms with van der Waals surface area (Å²) in [6.07, 6.45) is 0. The normalized spacial score (nSPS) is 19.9. The smallest absolute Gasteiger partial charge is 0.234 e. The van der Waals surface area contributed by atoms with Gasteiger partial charge < -0.3 is 4.90 Å². The summed E-state index contributed by atoms with van der Waals surface area (Å²) < 4.78 is 0. The molecule has 0 saturated heterocycles. The molecule has 2 nitrogen and oxygen atoms in total. The Hall–Kier alpha value is -1.31. The lowest BCUT2D eigenvalue weighted by molar-refractivity contribution is -0.119. The molecule has 1 amide bonds. The van der Waals surface area contributed by atoms with Gasteiger partial charge in [0, 0.05) is 12.2 Å². The second-order valence-electron chi connectivity index (χ2n) is 4.62. The van der Waals surface area contributed by atoms with Crippen LogP contribution in [0.4, 0.5) is 5.69 Å². The maximum absolute atomic E-state index is 12.0. The monoisotopic (exact) mass is 203 g/mol. The third-order valence-electron chi connectivity index (χ3n) is 2.88. The fraction of sp³-hybridized carbons (Fsp3) is 0.462. The fourth-order valence-corrected chi connectivity index (χ4v) is 2.14. The lowest BCUT2D eigenvalue weighted by Gasteiger charge is -2.19. The van der Waals surface area contributed by atoms with Crippen LogP contribution < -0.4 is 4.90 Å². The molecule has 0 N–H and O–H groups in total. The van der Waals surface area contributed by atoms with E-state index in [1.54, 1.807) is 0 Å². The third kappa shape index (κ3) is 1.65. The van der Waals surface area contributed by atoms with Crippen LogP contribution in [0.1, 0.15) is 32.3 Å². The van der Waals surface area contributed by atoms with Gasteiger partial charge >= 0.3 is 0 Å². The van der Waals surface area contributed by atoms with Gasteiger partial charge in [-0.15, -0.1) is 0 Å². The first-order valence-corrected chi connectivity index (χ1v) is 5.51. The molecule has 0 fully saturated rings. The third-order valence-corrected chi connectivity index (χ3v) is 2.88. The van der Waals surface area contributed by atoms with Crippen LogP contribution in [0.15, 0.2) is 24.3 Å². The van der Waals surface area contributed by atoms with E-state index in [4.69, 9.17) is 0 Å². The summed E-state index contributed by atoms with van der Waals surface area (Å²) in [5.41, 5.74) is 2.27. The van der Waals surface area contributed by atoms with Crippen molar-refractivity contribution in [3.05, 3.63) is 29.8 Å². The molecule has 0 aromatic heterocycles. The molecule has 1 aliphatic rings. The van der Waals surface area contributed by atoms with E-state index >= 15 is 0 Å². The summed E-state index contributed by atoms with van der Waals surface area (Å²) in [5.74, 6) is 0.775. The van der Waals surface area contributed by atoms with Gasteiger partial charge in [-0.3, -0.25) is 4.79 Å². The predicted molar refractivity (Wildman–Crippen MR) is 62.0 cm³/mol. The van der Waals surface area contributed by atoms with Crippen LogP contribution in [0.25, 0.3) is 0 Å². The van der Waals surface area contributed by atoms with Crippen molar-refractivity contribution in [1.82, 2.24) is 0 Å². The van der Waals surface area contributed by atoms with Crippen LogP contribution in [0.2, 0.25) is 0 Å². The second kappa shape index (κ2) is 3.69. The predicted octanol–water partition coefficient (Wildman–Crippen LogP) is 2.79. The summed E-state index contributed by atoms with van der Waals surface area (Å²) in [6.45, 7) is 7.08. The molecule has 0 spiro atoms. The first kappa shape index (κ1) is 10.2. The highest BCUT2D eigenvalue weighted by atomic mass is 16.2. The number of nitrogens with zero attached hydrogens (tertiary/aromatic N) is 1. The van der Waals surface area contributed by atoms with Gasteiger partial charge in [-0.2, -0.15) is 0 Å². The molecule has 1 aromatic carbocycles. The Morgan fingerprint density at radius 1 is 1.33 bits per heavy atom. The Bertz CT molecular complexity index is 384. The molecule has 1 atom stereocenters. The molecule has 0 saturated carbocycles. The highest BCUT2D eigenvalue weighted by Crippen LogP contribution is 2.36. The van der Waals surface area contributed by atoms with Crippen LogP contribution in [0.5, 0.6) is 0 Å². The van der Waals surface area contributed by atoms with Gasteiger partial charge in [0.05, 0.1) is 5.92 Å². The number of carbonyl (C=O) groups excluding carboxylic acids is 1. The van der Waals surface area contributed by atoms with Crippen LogP contribution in [-0.4, -0.2) is 12.5 Å². The lowest BCUT2D eigenvalue weighted by atomic mass is 10.0. The fourth-order valence-electron chi connectivity index (χ4n) is 2.14. The largest absolute Gasteiger partial charge is 0.311 e. The van der Waals surface area contributed by atoms with Gasteiger partial charge in [0.2, 0.25) is 5.91 Å². The molecule has 0 bridgehead atoms. The van der Waals surface area contributed by atoms with E-state index in [2.05, 4.69) is 19.9 Å². The highest BCUT2D eigenvalue weighted by Gasteiger charge is 2.33. The van der Waals surface area contributed by atoms with Crippen LogP contribution >= 0.6 is 0 Å². The summed E-state index contributed by atoms with van der Waals surface area (Å²) in [6, 6.07) is 8.09. The average Bonchev–Trinajstić information content (AvgIpc) is 2.44. The summed E-state index contributed by atoms with van der Waals surface area (Å²) in [4.78, 5) is 13.9. The van der Waals surface area contributed by atoms with Gasteiger partial charge in [0.1, 0.15) is 0 Å². The molecule has 1 aliphatic heterocycles. The summed E-state index contributed by atoms with van der Waals surface area (Å²) in [5, 5.41) is 0. The van der Waals surface area contributed by atoms with E-state index in [0.29, 0.717) is 5.92 Å². The zero-order valence-corrected chi connectivity index (χ0v) is 9.53. The van der Waals surface area contributed by atoms with Crippen molar-refractivity contribution in [2.75, 3.05) is 11.4 Å². The zero-order chi connectivity index (χ0) is 11.0. The number of amides is 1. The molecule has 1 aromatic rings. The standard InChI is InChI=1S/C13H17NO/c1-9(2)8-14-12-7-5-4-6-11(12)10(3)13(14)15/h4-7,9-10H,8H2,1-3H3. The van der Waals surface area contributed by atoms with E-state index in [1.807, 2.05) is 30.0 Å². The molecule has 15 heavy (non-hydrogen) atoms. The minimum Gasteiger partial charge on any atom is -0.311 e. The van der Waals surface area contributed by atoms with Gasteiger partial charge in [-0.05, 0) is 24.5 Å². The average molecular weight is 203 g/mol. The van der Waals surface area contributed by atoms with Crippen molar-refractivity contribution in [2.45, 2.75) is 26.7 Å². The SMILES string of the molecule is CC(C)CN1C(=O)C(C)c2ccccc21. The van der Waals surface area contributed by atoms with E-state index < -0.39 is 0 Å². The van der Waals surface area contributed by atoms with E-state index in [1.165, 1.54) is 5.56 Å². The molecule has 1 heterocycles. The van der Waals surface area contributed by atoms with E-state index in [9.17, 15) is 4.79 Å². The molecular weight excluding hydrogens is 186 g/mol. The van der Waals surface area contributed by atoms with Crippen molar-refractivity contribution in [1.29, 1.82) is 0 Å². The Balaban J connectivity index is 2.38. The number of hydrogen-bond donors (Lipinski definition) is 0. The minimum atomic E-state index is 0.0277. The first-order valence-electron chi connectivity index (χ1n) is 5.51. The number of benzene rings is 1. The van der Waals surface area contributed by atoms with Crippen LogP contribution in [0.3, 0.4) is 0 Å². The van der Waals surface area contributed by atoms with E-state index in [-0.39, 0.29) is 11.8 Å². The molecule has 80 valence electrons.